The third kappa shape index (κ3) is 3.88. The van der Waals surface area contributed by atoms with Crippen molar-refractivity contribution in [1.82, 2.24) is 4.90 Å². The lowest BCUT2D eigenvalue weighted by Crippen LogP contribution is -2.43. The predicted octanol–water partition coefficient (Wildman–Crippen LogP) is 3.94. The number of aliphatic imine (C=N–C) groups is 1. The first-order valence-electron chi connectivity index (χ1n) is 9.50. The standard InChI is InChI=1S/C23H21ClN2O3/c1-14-20(23(28)29)21(16-8-5-9-17(24)10-16)22-18(25-14)12-26(13-19(22)27)11-15-6-3-2-4-7-15/h2-10,20-21H,11-13H2,1H3,(H,28,29). The topological polar surface area (TPSA) is 70.0 Å². The number of ketones is 1. The van der Waals surface area contributed by atoms with Gasteiger partial charge in [0.2, 0.25) is 0 Å². The highest BCUT2D eigenvalue weighted by Gasteiger charge is 2.43. The quantitative estimate of drug-likeness (QED) is 0.831. The van der Waals surface area contributed by atoms with E-state index in [9.17, 15) is 14.7 Å². The van der Waals surface area contributed by atoms with Gasteiger partial charge in [0.1, 0.15) is 5.92 Å². The Hall–Kier alpha value is -2.76. The molecule has 29 heavy (non-hydrogen) atoms. The van der Waals surface area contributed by atoms with Gasteiger partial charge in [0.05, 0.1) is 12.2 Å². The second-order valence-electron chi connectivity index (χ2n) is 7.52. The molecule has 0 saturated carbocycles. The molecular formula is C23H21ClN2O3. The Morgan fingerprint density at radius 2 is 1.93 bits per heavy atom. The molecule has 0 aliphatic carbocycles. The SMILES string of the molecule is CC1=NC2=C(C(=O)CN(Cc3ccccc3)C2)C(c2cccc(Cl)c2)C1C(=O)O. The molecule has 4 rings (SSSR count). The van der Waals surface area contributed by atoms with Crippen LogP contribution in [-0.4, -0.2) is 40.6 Å². The summed E-state index contributed by atoms with van der Waals surface area (Å²) in [5.41, 5.74) is 3.54. The molecule has 0 aromatic heterocycles. The molecule has 0 bridgehead atoms. The van der Waals surface area contributed by atoms with Gasteiger partial charge < -0.3 is 5.11 Å². The zero-order valence-electron chi connectivity index (χ0n) is 16.0. The Morgan fingerprint density at radius 3 is 2.62 bits per heavy atom. The molecule has 2 aliphatic rings. The number of carbonyl (C=O) groups excluding carboxylic acids is 1. The van der Waals surface area contributed by atoms with Crippen molar-refractivity contribution in [2.75, 3.05) is 13.1 Å². The number of rotatable bonds is 4. The number of aliphatic carboxylic acids is 1. The Morgan fingerprint density at radius 1 is 1.17 bits per heavy atom. The molecule has 6 heteroatoms. The molecule has 2 aromatic rings. The predicted molar refractivity (Wildman–Crippen MR) is 112 cm³/mol. The van der Waals surface area contributed by atoms with Gasteiger partial charge in [-0.2, -0.15) is 0 Å². The fourth-order valence-corrected chi connectivity index (χ4v) is 4.47. The van der Waals surface area contributed by atoms with E-state index in [1.165, 1.54) is 0 Å². The van der Waals surface area contributed by atoms with E-state index < -0.39 is 17.8 Å². The van der Waals surface area contributed by atoms with E-state index >= 15 is 0 Å². The molecule has 0 fully saturated rings. The third-order valence-corrected chi connectivity index (χ3v) is 5.72. The molecule has 2 heterocycles. The van der Waals surface area contributed by atoms with E-state index in [2.05, 4.69) is 4.99 Å². The Labute approximate surface area is 174 Å². The van der Waals surface area contributed by atoms with Crippen molar-refractivity contribution in [3.05, 3.63) is 82.0 Å². The minimum absolute atomic E-state index is 0.0744. The van der Waals surface area contributed by atoms with Crippen LogP contribution in [0.5, 0.6) is 0 Å². The van der Waals surface area contributed by atoms with Crippen molar-refractivity contribution in [3.63, 3.8) is 0 Å². The van der Waals surface area contributed by atoms with E-state index in [1.54, 1.807) is 25.1 Å². The fourth-order valence-electron chi connectivity index (χ4n) is 4.27. The summed E-state index contributed by atoms with van der Waals surface area (Å²) in [6.07, 6.45) is 0. The molecule has 0 spiro atoms. The van der Waals surface area contributed by atoms with E-state index in [0.29, 0.717) is 35.1 Å². The van der Waals surface area contributed by atoms with Gasteiger partial charge in [0.15, 0.2) is 5.78 Å². The van der Waals surface area contributed by atoms with Crippen molar-refractivity contribution in [2.24, 2.45) is 10.9 Å². The molecule has 148 valence electrons. The summed E-state index contributed by atoms with van der Waals surface area (Å²) in [6.45, 7) is 3.12. The second-order valence-corrected chi connectivity index (χ2v) is 7.95. The largest absolute Gasteiger partial charge is 0.481 e. The van der Waals surface area contributed by atoms with Crippen LogP contribution in [0.25, 0.3) is 0 Å². The van der Waals surface area contributed by atoms with Crippen molar-refractivity contribution in [2.45, 2.75) is 19.4 Å². The number of benzene rings is 2. The van der Waals surface area contributed by atoms with Gasteiger partial charge in [0, 0.05) is 35.3 Å². The first-order valence-corrected chi connectivity index (χ1v) is 9.88. The normalized spacial score (nSPS) is 22.3. The molecule has 0 radical (unpaired) electrons. The first kappa shape index (κ1) is 19.6. The molecule has 0 amide bonds. The first-order chi connectivity index (χ1) is 13.9. The van der Waals surface area contributed by atoms with Crippen LogP contribution in [0, 0.1) is 5.92 Å². The van der Waals surface area contributed by atoms with Gasteiger partial charge in [-0.05, 0) is 30.2 Å². The number of carboxylic acids is 1. The van der Waals surface area contributed by atoms with E-state index in [0.717, 1.165) is 11.1 Å². The number of carboxylic acid groups (broad SMARTS) is 1. The summed E-state index contributed by atoms with van der Waals surface area (Å²) in [6, 6.07) is 17.1. The maximum Gasteiger partial charge on any atom is 0.313 e. The Balaban J connectivity index is 1.74. The zero-order chi connectivity index (χ0) is 20.5. The molecule has 5 nitrogen and oxygen atoms in total. The van der Waals surface area contributed by atoms with Crippen molar-refractivity contribution >= 4 is 29.1 Å². The van der Waals surface area contributed by atoms with E-state index in [1.807, 2.05) is 41.3 Å². The van der Waals surface area contributed by atoms with E-state index in [-0.39, 0.29) is 12.3 Å². The maximum absolute atomic E-state index is 13.2. The molecule has 1 N–H and O–H groups in total. The summed E-state index contributed by atoms with van der Waals surface area (Å²) in [5.74, 6) is -2.51. The zero-order valence-corrected chi connectivity index (χ0v) is 16.8. The average Bonchev–Trinajstić information content (AvgIpc) is 2.67. The number of hydrogen-bond acceptors (Lipinski definition) is 4. The summed E-state index contributed by atoms with van der Waals surface area (Å²) < 4.78 is 0. The number of carbonyl (C=O) groups is 2. The molecular weight excluding hydrogens is 388 g/mol. The van der Waals surface area contributed by atoms with Crippen LogP contribution >= 0.6 is 11.6 Å². The van der Waals surface area contributed by atoms with Crippen LogP contribution in [0.2, 0.25) is 5.02 Å². The number of Topliss-reactive ketones (excluding diaryl/α,β-unsaturated/α-hetero) is 1. The number of hydrogen-bond donors (Lipinski definition) is 1. The van der Waals surface area contributed by atoms with Gasteiger partial charge >= 0.3 is 5.97 Å². The number of halogens is 1. The summed E-state index contributed by atoms with van der Waals surface area (Å²) in [4.78, 5) is 31.9. The molecule has 2 aliphatic heterocycles. The van der Waals surface area contributed by atoms with Gasteiger partial charge in [-0.1, -0.05) is 54.1 Å². The van der Waals surface area contributed by atoms with Crippen LogP contribution in [0.4, 0.5) is 0 Å². The second kappa shape index (κ2) is 7.93. The fraction of sp³-hybridized carbons (Fsp3) is 0.261. The summed E-state index contributed by atoms with van der Waals surface area (Å²) in [5, 5.41) is 10.4. The minimum Gasteiger partial charge on any atom is -0.481 e. The van der Waals surface area contributed by atoms with Crippen LogP contribution in [-0.2, 0) is 16.1 Å². The molecule has 2 unspecified atom stereocenters. The highest BCUT2D eigenvalue weighted by atomic mass is 35.5. The lowest BCUT2D eigenvalue weighted by Gasteiger charge is -2.37. The van der Waals surface area contributed by atoms with Crippen molar-refractivity contribution < 1.29 is 14.7 Å². The highest BCUT2D eigenvalue weighted by Crippen LogP contribution is 2.41. The molecule has 2 aromatic carbocycles. The Bertz CT molecular complexity index is 1030. The monoisotopic (exact) mass is 408 g/mol. The average molecular weight is 409 g/mol. The smallest absolute Gasteiger partial charge is 0.313 e. The van der Waals surface area contributed by atoms with Crippen LogP contribution < -0.4 is 0 Å². The highest BCUT2D eigenvalue weighted by molar-refractivity contribution is 6.30. The van der Waals surface area contributed by atoms with Crippen molar-refractivity contribution in [1.29, 1.82) is 0 Å². The lowest BCUT2D eigenvalue weighted by atomic mass is 9.73. The van der Waals surface area contributed by atoms with Gasteiger partial charge in [-0.3, -0.25) is 19.5 Å². The van der Waals surface area contributed by atoms with Crippen molar-refractivity contribution in [3.8, 4) is 0 Å². The Kier molecular flexibility index (Phi) is 5.35. The molecule has 0 saturated heterocycles. The molecule has 2 atom stereocenters. The van der Waals surface area contributed by atoms with Gasteiger partial charge in [-0.25, -0.2) is 0 Å². The van der Waals surface area contributed by atoms with Crippen LogP contribution in [0.1, 0.15) is 24.0 Å². The van der Waals surface area contributed by atoms with E-state index in [4.69, 9.17) is 11.6 Å². The maximum atomic E-state index is 13.2. The van der Waals surface area contributed by atoms with Gasteiger partial charge in [0.25, 0.3) is 0 Å². The third-order valence-electron chi connectivity index (χ3n) is 5.48. The summed E-state index contributed by atoms with van der Waals surface area (Å²) >= 11 is 6.17. The lowest BCUT2D eigenvalue weighted by molar-refractivity contribution is -0.139. The minimum atomic E-state index is -0.984. The van der Waals surface area contributed by atoms with Crippen LogP contribution in [0.15, 0.2) is 70.9 Å². The van der Waals surface area contributed by atoms with Gasteiger partial charge in [-0.15, -0.1) is 0 Å². The summed E-state index contributed by atoms with van der Waals surface area (Å²) in [7, 11) is 0. The van der Waals surface area contributed by atoms with Crippen LogP contribution in [0.3, 0.4) is 0 Å². The number of nitrogens with zero attached hydrogens (tertiary/aromatic N) is 2.